The summed E-state index contributed by atoms with van der Waals surface area (Å²) in [6.07, 6.45) is 1.87. The molecule has 0 amide bonds. The minimum absolute atomic E-state index is 0. The third kappa shape index (κ3) is 3.26. The van der Waals surface area contributed by atoms with Crippen molar-refractivity contribution in [3.8, 4) is 0 Å². The largest absolute Gasteiger partial charge is 0.350 e. The first-order valence-electron chi connectivity index (χ1n) is 5.94. The fourth-order valence-electron chi connectivity index (χ4n) is 1.96. The van der Waals surface area contributed by atoms with Gasteiger partial charge in [-0.05, 0) is 13.8 Å². The van der Waals surface area contributed by atoms with Gasteiger partial charge >= 0.3 is 0 Å². The minimum Gasteiger partial charge on any atom is -0.350 e. The molecule has 0 N–H and O–H groups in total. The van der Waals surface area contributed by atoms with E-state index < -0.39 is 40.5 Å². The van der Waals surface area contributed by atoms with E-state index >= 15 is 0 Å². The number of hydrogen-bond acceptors (Lipinski definition) is 2. The first kappa shape index (κ1) is 19.6. The van der Waals surface area contributed by atoms with Crippen LogP contribution in [0.4, 0.5) is 26.3 Å². The molecule has 0 bridgehead atoms. The molecule has 1 aromatic heterocycles. The quantitative estimate of drug-likeness (QED) is 0.338. The maximum absolute atomic E-state index is 13.7. The van der Waals surface area contributed by atoms with Crippen LogP contribution in [0.5, 0.6) is 0 Å². The topological polar surface area (TPSA) is 30.0 Å². The Morgan fingerprint density at radius 1 is 1.17 bits per heavy atom. The third-order valence-corrected chi connectivity index (χ3v) is 3.09. The number of ketones is 1. The van der Waals surface area contributed by atoms with Crippen LogP contribution in [0.15, 0.2) is 23.9 Å². The fourth-order valence-corrected chi connectivity index (χ4v) is 1.96. The fraction of sp³-hybridized carbons (Fsp3) is 0.286. The molecule has 0 fully saturated rings. The number of allylic oxidation sites excluding steroid dienone is 4. The molecule has 1 aliphatic carbocycles. The monoisotopic (exact) mass is 513 g/mol. The summed E-state index contributed by atoms with van der Waals surface area (Å²) in [5.41, 5.74) is -2.01. The Morgan fingerprint density at radius 2 is 1.74 bits per heavy atom. The number of aryl methyl sites for hydroxylation is 1. The molecule has 1 heterocycles. The second-order valence-electron chi connectivity index (χ2n) is 4.72. The molecule has 0 aliphatic heterocycles. The van der Waals surface area contributed by atoms with Crippen LogP contribution < -0.4 is 0 Å². The van der Waals surface area contributed by atoms with Gasteiger partial charge in [0, 0.05) is 31.9 Å². The normalized spacial score (nSPS) is 19.0. The maximum atomic E-state index is 13.7. The molecule has 0 saturated heterocycles. The molecule has 23 heavy (non-hydrogen) atoms. The van der Waals surface area contributed by atoms with Crippen molar-refractivity contribution in [1.29, 1.82) is 0 Å². The molecule has 2 nitrogen and oxygen atoms in total. The average Bonchev–Trinajstić information content (AvgIpc) is 2.41. The summed E-state index contributed by atoms with van der Waals surface area (Å²) in [6, 6.07) is 0.916. The standard InChI is InChI=1S/C14H8F6NO.Ir/c1-6-3-10(21-5-8(6)7(2)22)9-4-13(17,18)11(15)12(16)14(9,19)20;/h3,5H,1-2H3;/q-1;. The van der Waals surface area contributed by atoms with Crippen LogP contribution in [0, 0.1) is 13.0 Å². The van der Waals surface area contributed by atoms with Crippen molar-refractivity contribution < 1.29 is 51.2 Å². The van der Waals surface area contributed by atoms with Gasteiger partial charge in [-0.25, -0.2) is 17.6 Å². The number of hydrogen-bond donors (Lipinski definition) is 0. The Hall–Kier alpha value is -1.47. The Morgan fingerprint density at radius 3 is 2.22 bits per heavy atom. The molecule has 0 spiro atoms. The molecule has 9 heteroatoms. The molecule has 2 rings (SSSR count). The van der Waals surface area contributed by atoms with Crippen LogP contribution >= 0.6 is 0 Å². The molecule has 0 aromatic carbocycles. The second kappa shape index (κ2) is 6.20. The number of pyridine rings is 1. The molecular formula is C14H8F6IrNO-. The van der Waals surface area contributed by atoms with Gasteiger partial charge in [0.25, 0.3) is 11.8 Å². The molecule has 0 saturated carbocycles. The number of nitrogens with zero attached hydrogens (tertiary/aromatic N) is 1. The van der Waals surface area contributed by atoms with Crippen molar-refractivity contribution in [1.82, 2.24) is 4.98 Å². The number of aromatic nitrogens is 1. The molecule has 1 aromatic rings. The number of rotatable bonds is 2. The van der Waals surface area contributed by atoms with Gasteiger partial charge in [0.1, 0.15) is 0 Å². The SMILES string of the molecule is CC(=O)c1cnc(C2=[C-]C(F)(F)C(F)=C(F)C2(F)F)cc1C.[Ir]. The van der Waals surface area contributed by atoms with Crippen LogP contribution in [0.3, 0.4) is 0 Å². The van der Waals surface area contributed by atoms with Gasteiger partial charge in [0.05, 0.1) is 0 Å². The number of carbonyl (C=O) groups is 1. The van der Waals surface area contributed by atoms with Crippen molar-refractivity contribution in [2.24, 2.45) is 0 Å². The van der Waals surface area contributed by atoms with Crippen molar-refractivity contribution in [2.75, 3.05) is 0 Å². The number of carbonyl (C=O) groups excluding carboxylic acids is 1. The van der Waals surface area contributed by atoms with E-state index in [0.717, 1.165) is 18.3 Å². The van der Waals surface area contributed by atoms with Crippen LogP contribution in [0.25, 0.3) is 5.57 Å². The van der Waals surface area contributed by atoms with Crippen molar-refractivity contribution in [3.05, 3.63) is 46.8 Å². The van der Waals surface area contributed by atoms with Gasteiger partial charge in [-0.1, -0.05) is 11.3 Å². The van der Waals surface area contributed by atoms with Gasteiger partial charge in [-0.2, -0.15) is 14.9 Å². The zero-order valence-corrected chi connectivity index (χ0v) is 14.0. The maximum Gasteiger partial charge on any atom is 0.296 e. The first-order chi connectivity index (χ1) is 9.98. The summed E-state index contributed by atoms with van der Waals surface area (Å²) in [7, 11) is 0. The van der Waals surface area contributed by atoms with E-state index in [-0.39, 0.29) is 31.2 Å². The van der Waals surface area contributed by atoms with E-state index in [1.54, 1.807) is 0 Å². The Balaban J connectivity index is 0.00000264. The Bertz CT molecular complexity index is 726. The molecule has 0 atom stereocenters. The first-order valence-corrected chi connectivity index (χ1v) is 5.94. The van der Waals surface area contributed by atoms with E-state index in [1.165, 1.54) is 13.8 Å². The zero-order valence-electron chi connectivity index (χ0n) is 11.6. The summed E-state index contributed by atoms with van der Waals surface area (Å²) >= 11 is 0. The Kier molecular flexibility index (Phi) is 5.28. The summed E-state index contributed by atoms with van der Waals surface area (Å²) in [5.74, 6) is -15.4. The van der Waals surface area contributed by atoms with Crippen molar-refractivity contribution >= 4 is 11.4 Å². The summed E-state index contributed by atoms with van der Waals surface area (Å²) in [4.78, 5) is 14.7. The Labute approximate surface area is 140 Å². The average molecular weight is 512 g/mol. The van der Waals surface area contributed by atoms with E-state index in [0.29, 0.717) is 0 Å². The second-order valence-corrected chi connectivity index (χ2v) is 4.72. The predicted octanol–water partition coefficient (Wildman–Crippen LogP) is 4.21. The molecule has 127 valence electrons. The molecule has 1 aliphatic rings. The van der Waals surface area contributed by atoms with Gasteiger partial charge in [-0.15, -0.1) is 11.6 Å². The van der Waals surface area contributed by atoms with E-state index in [9.17, 15) is 31.1 Å². The van der Waals surface area contributed by atoms with E-state index in [2.05, 4.69) is 4.98 Å². The van der Waals surface area contributed by atoms with Crippen LogP contribution in [-0.2, 0) is 20.1 Å². The van der Waals surface area contributed by atoms with Gasteiger partial charge in [-0.3, -0.25) is 4.79 Å². The van der Waals surface area contributed by atoms with Crippen molar-refractivity contribution in [2.45, 2.75) is 25.7 Å². The van der Waals surface area contributed by atoms with Gasteiger partial charge in [0.15, 0.2) is 11.6 Å². The number of alkyl halides is 4. The zero-order chi connectivity index (χ0) is 16.9. The molecular weight excluding hydrogens is 504 g/mol. The van der Waals surface area contributed by atoms with Crippen molar-refractivity contribution in [3.63, 3.8) is 0 Å². The summed E-state index contributed by atoms with van der Waals surface area (Å²) in [5, 5.41) is 0. The summed E-state index contributed by atoms with van der Waals surface area (Å²) < 4.78 is 80.0. The van der Waals surface area contributed by atoms with Gasteiger partial charge in [0.2, 0.25) is 5.83 Å². The number of halogens is 6. The van der Waals surface area contributed by atoms with Crippen LogP contribution in [0.1, 0.15) is 28.5 Å². The smallest absolute Gasteiger partial charge is 0.296 e. The molecule has 0 unspecified atom stereocenters. The van der Waals surface area contributed by atoms with Crippen LogP contribution in [0.2, 0.25) is 0 Å². The predicted molar refractivity (Wildman–Crippen MR) is 64.8 cm³/mol. The summed E-state index contributed by atoms with van der Waals surface area (Å²) in [6.45, 7) is 2.57. The van der Waals surface area contributed by atoms with Gasteiger partial charge < -0.3 is 4.98 Å². The van der Waals surface area contributed by atoms with E-state index in [1.807, 2.05) is 0 Å². The number of Topliss-reactive ketones (excluding diaryl/α,β-unsaturated/α-hetero) is 1. The van der Waals surface area contributed by atoms with E-state index in [4.69, 9.17) is 0 Å². The third-order valence-electron chi connectivity index (χ3n) is 3.09. The minimum atomic E-state index is -4.62. The molecule has 1 radical (unpaired) electrons. The van der Waals surface area contributed by atoms with Crippen LogP contribution in [-0.4, -0.2) is 22.6 Å².